The van der Waals surface area contributed by atoms with Crippen LogP contribution in [-0.2, 0) is 0 Å². The fourth-order valence-electron chi connectivity index (χ4n) is 1.17. The predicted molar refractivity (Wildman–Crippen MR) is 42.3 cm³/mol. The lowest BCUT2D eigenvalue weighted by Gasteiger charge is -2.00. The molecule has 0 saturated carbocycles. The van der Waals surface area contributed by atoms with Gasteiger partial charge < -0.3 is 4.42 Å². The van der Waals surface area contributed by atoms with Gasteiger partial charge in [0.2, 0.25) is 5.82 Å². The molecule has 1 aromatic carbocycles. The number of benzene rings is 1. The van der Waals surface area contributed by atoms with Gasteiger partial charge >= 0.3 is 5.63 Å². The van der Waals surface area contributed by atoms with Gasteiger partial charge in [-0.15, -0.1) is 0 Å². The van der Waals surface area contributed by atoms with E-state index < -0.39 is 39.9 Å². The Morgan fingerprint density at radius 3 is 2.27 bits per heavy atom. The molecular formula is C9H2F4O2. The van der Waals surface area contributed by atoms with Crippen LogP contribution in [0.1, 0.15) is 0 Å². The van der Waals surface area contributed by atoms with E-state index in [9.17, 15) is 22.4 Å². The van der Waals surface area contributed by atoms with Crippen LogP contribution in [0.5, 0.6) is 0 Å². The van der Waals surface area contributed by atoms with Crippen LogP contribution in [0.15, 0.2) is 21.3 Å². The van der Waals surface area contributed by atoms with Crippen molar-refractivity contribution in [1.29, 1.82) is 0 Å². The zero-order valence-corrected chi connectivity index (χ0v) is 6.98. The Morgan fingerprint density at radius 1 is 0.933 bits per heavy atom. The second-order valence-electron chi connectivity index (χ2n) is 2.75. The van der Waals surface area contributed by atoms with Crippen molar-refractivity contribution in [2.75, 3.05) is 0 Å². The van der Waals surface area contributed by atoms with Gasteiger partial charge in [0.05, 0.1) is 5.39 Å². The van der Waals surface area contributed by atoms with Gasteiger partial charge in [-0.25, -0.2) is 18.0 Å². The first-order chi connectivity index (χ1) is 7.02. The molecule has 1 aromatic heterocycles. The molecule has 0 unspecified atom stereocenters. The second kappa shape index (κ2) is 3.08. The Kier molecular flexibility index (Phi) is 1.99. The number of hydrogen-bond acceptors (Lipinski definition) is 2. The van der Waals surface area contributed by atoms with E-state index in [1.807, 2.05) is 0 Å². The number of fused-ring (bicyclic) bond motifs is 1. The van der Waals surface area contributed by atoms with Crippen molar-refractivity contribution in [3.8, 4) is 0 Å². The smallest absolute Gasteiger partial charge is 0.375 e. The molecule has 0 bridgehead atoms. The summed E-state index contributed by atoms with van der Waals surface area (Å²) in [5.74, 6) is -6.56. The van der Waals surface area contributed by atoms with E-state index in [1.165, 1.54) is 0 Å². The summed E-state index contributed by atoms with van der Waals surface area (Å²) in [6.45, 7) is 0. The summed E-state index contributed by atoms with van der Waals surface area (Å²) in [6, 6.07) is 1.50. The maximum absolute atomic E-state index is 13.1. The lowest BCUT2D eigenvalue weighted by Crippen LogP contribution is -2.09. The van der Waals surface area contributed by atoms with Crippen LogP contribution in [0, 0.1) is 23.3 Å². The molecule has 0 aliphatic carbocycles. The molecule has 0 aliphatic heterocycles. The highest BCUT2D eigenvalue weighted by atomic mass is 19.2. The lowest BCUT2D eigenvalue weighted by atomic mass is 10.2. The molecule has 2 rings (SSSR count). The predicted octanol–water partition coefficient (Wildman–Crippen LogP) is 2.35. The summed E-state index contributed by atoms with van der Waals surface area (Å²) in [5, 5.41) is -1.01. The van der Waals surface area contributed by atoms with Crippen molar-refractivity contribution in [2.24, 2.45) is 0 Å². The number of hydrogen-bond donors (Lipinski definition) is 0. The van der Waals surface area contributed by atoms with E-state index in [0.717, 1.165) is 6.07 Å². The molecule has 0 fully saturated rings. The van der Waals surface area contributed by atoms with Crippen LogP contribution >= 0.6 is 0 Å². The highest BCUT2D eigenvalue weighted by Crippen LogP contribution is 2.22. The van der Waals surface area contributed by atoms with E-state index >= 15 is 0 Å². The quantitative estimate of drug-likeness (QED) is 0.501. The number of rotatable bonds is 0. The minimum Gasteiger partial charge on any atom is -0.420 e. The molecule has 2 aromatic rings. The van der Waals surface area contributed by atoms with E-state index in [0.29, 0.717) is 6.07 Å². The summed E-state index contributed by atoms with van der Waals surface area (Å²) in [5.41, 5.74) is -2.11. The van der Waals surface area contributed by atoms with Crippen molar-refractivity contribution < 1.29 is 22.0 Å². The average molecular weight is 218 g/mol. The number of halogens is 4. The van der Waals surface area contributed by atoms with Crippen LogP contribution in [0.4, 0.5) is 17.6 Å². The third-order valence-corrected chi connectivity index (χ3v) is 1.85. The topological polar surface area (TPSA) is 30.2 Å². The summed E-state index contributed by atoms with van der Waals surface area (Å²) in [4.78, 5) is 10.7. The fraction of sp³-hybridized carbons (Fsp3) is 0. The molecular weight excluding hydrogens is 216 g/mol. The van der Waals surface area contributed by atoms with Gasteiger partial charge in [-0.2, -0.15) is 4.39 Å². The van der Waals surface area contributed by atoms with Crippen LogP contribution in [0.3, 0.4) is 0 Å². The maximum atomic E-state index is 13.1. The molecule has 0 N–H and O–H groups in total. The molecule has 0 saturated heterocycles. The largest absolute Gasteiger partial charge is 0.420 e. The molecule has 0 aliphatic rings. The van der Waals surface area contributed by atoms with Crippen LogP contribution in [0.2, 0.25) is 0 Å². The van der Waals surface area contributed by atoms with Gasteiger partial charge in [0, 0.05) is 0 Å². The summed E-state index contributed by atoms with van der Waals surface area (Å²) in [6.07, 6.45) is 0. The van der Waals surface area contributed by atoms with Crippen molar-refractivity contribution in [3.63, 3.8) is 0 Å². The van der Waals surface area contributed by atoms with Crippen LogP contribution in [-0.4, -0.2) is 0 Å². The highest BCUT2D eigenvalue weighted by Gasteiger charge is 2.19. The van der Waals surface area contributed by atoms with E-state index in [-0.39, 0.29) is 0 Å². The average Bonchev–Trinajstić information content (AvgIpc) is 2.20. The first-order valence-corrected chi connectivity index (χ1v) is 3.78. The minimum atomic E-state index is -1.87. The van der Waals surface area contributed by atoms with Gasteiger partial charge in [-0.3, -0.25) is 0 Å². The Bertz CT molecular complexity index is 603. The van der Waals surface area contributed by atoms with Gasteiger partial charge in [-0.1, -0.05) is 0 Å². The van der Waals surface area contributed by atoms with E-state index in [2.05, 4.69) is 4.42 Å². The second-order valence-corrected chi connectivity index (χ2v) is 2.75. The Labute approximate surface area is 79.7 Å². The molecule has 78 valence electrons. The minimum absolute atomic E-state index is 0.544. The maximum Gasteiger partial charge on any atom is 0.375 e. The molecule has 1 heterocycles. The Morgan fingerprint density at radius 2 is 1.60 bits per heavy atom. The van der Waals surface area contributed by atoms with Gasteiger partial charge in [0.15, 0.2) is 17.5 Å². The third-order valence-electron chi connectivity index (χ3n) is 1.85. The SMILES string of the molecule is O=c1oc2ccc(F)c(F)c2c(F)c1F. The van der Waals surface area contributed by atoms with Crippen molar-refractivity contribution in [3.05, 3.63) is 45.8 Å². The van der Waals surface area contributed by atoms with Crippen molar-refractivity contribution in [1.82, 2.24) is 0 Å². The van der Waals surface area contributed by atoms with Crippen LogP contribution in [0.25, 0.3) is 11.0 Å². The first kappa shape index (κ1) is 9.70. The Balaban J connectivity index is 3.07. The summed E-state index contributed by atoms with van der Waals surface area (Å²) >= 11 is 0. The van der Waals surface area contributed by atoms with Gasteiger partial charge in [0.1, 0.15) is 5.58 Å². The zero-order valence-electron chi connectivity index (χ0n) is 6.98. The normalized spacial score (nSPS) is 10.9. The van der Waals surface area contributed by atoms with E-state index in [1.54, 1.807) is 0 Å². The lowest BCUT2D eigenvalue weighted by molar-refractivity contribution is 0.430. The molecule has 15 heavy (non-hydrogen) atoms. The third kappa shape index (κ3) is 1.29. The van der Waals surface area contributed by atoms with Gasteiger partial charge in [-0.05, 0) is 12.1 Å². The standard InChI is InChI=1S/C9H2F4O2/c10-3-1-2-4-5(6(3)11)7(12)8(13)9(14)15-4/h1-2H. The fourth-order valence-corrected chi connectivity index (χ4v) is 1.17. The Hall–Kier alpha value is -1.85. The molecule has 6 heteroatoms. The highest BCUT2D eigenvalue weighted by molar-refractivity contribution is 5.77. The summed E-state index contributed by atoms with van der Waals surface area (Å²) in [7, 11) is 0. The van der Waals surface area contributed by atoms with E-state index in [4.69, 9.17) is 0 Å². The summed E-state index contributed by atoms with van der Waals surface area (Å²) < 4.78 is 55.7. The molecule has 0 amide bonds. The monoisotopic (exact) mass is 218 g/mol. The van der Waals surface area contributed by atoms with Crippen molar-refractivity contribution in [2.45, 2.75) is 0 Å². The molecule has 2 nitrogen and oxygen atoms in total. The van der Waals surface area contributed by atoms with Crippen molar-refractivity contribution >= 4 is 11.0 Å². The zero-order chi connectivity index (χ0) is 11.2. The molecule has 0 radical (unpaired) electrons. The van der Waals surface area contributed by atoms with Gasteiger partial charge in [0.25, 0.3) is 0 Å². The van der Waals surface area contributed by atoms with Crippen LogP contribution < -0.4 is 5.63 Å². The first-order valence-electron chi connectivity index (χ1n) is 3.78. The molecule has 0 atom stereocenters. The molecule has 0 spiro atoms.